The molecule has 0 atom stereocenters. The molecule has 3 aromatic rings. The second-order valence-corrected chi connectivity index (χ2v) is 6.52. The molecule has 1 aromatic carbocycles. The highest BCUT2D eigenvalue weighted by Crippen LogP contribution is 2.22. The minimum atomic E-state index is 0.155. The molecule has 0 spiro atoms. The molecule has 7 heteroatoms. The Balaban J connectivity index is 2.08. The maximum Gasteiger partial charge on any atom is 0.206 e. The van der Waals surface area contributed by atoms with E-state index in [2.05, 4.69) is 32.6 Å². The van der Waals surface area contributed by atoms with Gasteiger partial charge in [0.15, 0.2) is 5.76 Å². The summed E-state index contributed by atoms with van der Waals surface area (Å²) in [7, 11) is 0. The summed E-state index contributed by atoms with van der Waals surface area (Å²) < 4.78 is 8.01. The van der Waals surface area contributed by atoms with E-state index in [-0.39, 0.29) is 5.75 Å². The fourth-order valence-electron chi connectivity index (χ4n) is 2.01. The van der Waals surface area contributed by atoms with Crippen LogP contribution in [-0.4, -0.2) is 22.5 Å². The van der Waals surface area contributed by atoms with E-state index >= 15 is 0 Å². The fourth-order valence-corrected chi connectivity index (χ4v) is 3.21. The third-order valence-corrected chi connectivity index (χ3v) is 4.46. The van der Waals surface area contributed by atoms with E-state index in [1.54, 1.807) is 41.4 Å². The molecule has 0 unspecified atom stereocenters. The van der Waals surface area contributed by atoms with Crippen molar-refractivity contribution in [3.8, 4) is 17.2 Å². The summed E-state index contributed by atoms with van der Waals surface area (Å²) >= 11 is 4.85. The van der Waals surface area contributed by atoms with Gasteiger partial charge in [0.1, 0.15) is 11.4 Å². The average molecular weight is 404 g/mol. The number of phenols is 1. The van der Waals surface area contributed by atoms with Crippen molar-refractivity contribution in [2.45, 2.75) is 0 Å². The van der Waals surface area contributed by atoms with Crippen LogP contribution in [0, 0.1) is 0 Å². The number of rotatable bonds is 5. The Labute approximate surface area is 151 Å². The Morgan fingerprint density at radius 2 is 2.25 bits per heavy atom. The van der Waals surface area contributed by atoms with Gasteiger partial charge in [0.05, 0.1) is 19.0 Å². The summed E-state index contributed by atoms with van der Waals surface area (Å²) in [5.41, 5.74) is 1.39. The first-order valence-electron chi connectivity index (χ1n) is 7.07. The summed E-state index contributed by atoms with van der Waals surface area (Å²) in [6, 6.07) is 8.85. The number of benzene rings is 1. The first-order valence-corrected chi connectivity index (χ1v) is 8.75. The molecule has 0 fully saturated rings. The van der Waals surface area contributed by atoms with Crippen molar-refractivity contribution < 1.29 is 9.52 Å². The molecule has 122 valence electrons. The highest BCUT2D eigenvalue weighted by molar-refractivity contribution is 9.10. The molecule has 1 N–H and O–H groups in total. The van der Waals surface area contributed by atoms with Crippen molar-refractivity contribution in [1.82, 2.24) is 4.68 Å². The van der Waals surface area contributed by atoms with Gasteiger partial charge in [0, 0.05) is 15.4 Å². The monoisotopic (exact) mass is 403 g/mol. The molecule has 5 nitrogen and oxygen atoms in total. The van der Waals surface area contributed by atoms with Crippen LogP contribution in [0.1, 0.15) is 5.56 Å². The molecule has 0 saturated heterocycles. The zero-order valence-electron chi connectivity index (χ0n) is 12.6. The molecular weight excluding hydrogens is 390 g/mol. The van der Waals surface area contributed by atoms with Gasteiger partial charge in [-0.05, 0) is 30.3 Å². The van der Waals surface area contributed by atoms with Gasteiger partial charge in [0.2, 0.25) is 4.80 Å². The van der Waals surface area contributed by atoms with Gasteiger partial charge >= 0.3 is 0 Å². The van der Waals surface area contributed by atoms with Crippen LogP contribution < -0.4 is 4.80 Å². The van der Waals surface area contributed by atoms with E-state index in [0.29, 0.717) is 22.7 Å². The molecule has 24 heavy (non-hydrogen) atoms. The van der Waals surface area contributed by atoms with E-state index < -0.39 is 0 Å². The van der Waals surface area contributed by atoms with E-state index in [0.717, 1.165) is 10.2 Å². The average Bonchev–Trinajstić information content (AvgIpc) is 3.23. The van der Waals surface area contributed by atoms with E-state index in [1.165, 1.54) is 11.3 Å². The van der Waals surface area contributed by atoms with Crippen LogP contribution >= 0.6 is 27.3 Å². The Kier molecular flexibility index (Phi) is 5.12. The lowest BCUT2D eigenvalue weighted by atomic mass is 10.2. The van der Waals surface area contributed by atoms with Crippen LogP contribution in [0.4, 0.5) is 0 Å². The molecule has 0 amide bonds. The van der Waals surface area contributed by atoms with Crippen molar-refractivity contribution in [2.75, 3.05) is 6.54 Å². The lowest BCUT2D eigenvalue weighted by Gasteiger charge is -2.02. The number of hydrogen-bond acceptors (Lipinski definition) is 5. The van der Waals surface area contributed by atoms with Crippen molar-refractivity contribution in [3.63, 3.8) is 0 Å². The molecule has 0 aliphatic heterocycles. The Morgan fingerprint density at radius 1 is 1.38 bits per heavy atom. The number of aromatic nitrogens is 1. The van der Waals surface area contributed by atoms with Crippen LogP contribution in [-0.2, 0) is 0 Å². The smallest absolute Gasteiger partial charge is 0.206 e. The Morgan fingerprint density at radius 3 is 3.00 bits per heavy atom. The number of phenolic OH excluding ortho intramolecular Hbond substituents is 1. The minimum Gasteiger partial charge on any atom is -0.507 e. The van der Waals surface area contributed by atoms with Crippen LogP contribution in [0.15, 0.2) is 73.6 Å². The van der Waals surface area contributed by atoms with Crippen LogP contribution in [0.25, 0.3) is 11.5 Å². The zero-order valence-corrected chi connectivity index (χ0v) is 15.0. The number of aromatic hydroxyl groups is 1. The molecule has 0 radical (unpaired) electrons. The lowest BCUT2D eigenvalue weighted by Crippen LogP contribution is -2.12. The molecule has 0 aliphatic carbocycles. The summed E-state index contributed by atoms with van der Waals surface area (Å²) in [5, 5.41) is 16.4. The van der Waals surface area contributed by atoms with Gasteiger partial charge in [-0.3, -0.25) is 4.99 Å². The first-order chi connectivity index (χ1) is 11.7. The number of nitrogens with zero attached hydrogens (tertiary/aromatic N) is 3. The Hall–Kier alpha value is -2.38. The summed E-state index contributed by atoms with van der Waals surface area (Å²) in [6.07, 6.45) is 4.93. The highest BCUT2D eigenvalue weighted by Gasteiger charge is 2.09. The highest BCUT2D eigenvalue weighted by atomic mass is 79.9. The van der Waals surface area contributed by atoms with E-state index in [9.17, 15) is 5.11 Å². The van der Waals surface area contributed by atoms with Gasteiger partial charge in [-0.15, -0.1) is 17.9 Å². The van der Waals surface area contributed by atoms with Crippen LogP contribution in [0.3, 0.4) is 0 Å². The fraction of sp³-hybridized carbons (Fsp3) is 0.0588. The van der Waals surface area contributed by atoms with Crippen LogP contribution in [0.2, 0.25) is 0 Å². The molecule has 2 heterocycles. The second-order valence-electron chi connectivity index (χ2n) is 4.77. The number of hydrogen-bond donors (Lipinski definition) is 1. The summed E-state index contributed by atoms with van der Waals surface area (Å²) in [6.45, 7) is 4.18. The van der Waals surface area contributed by atoms with Gasteiger partial charge in [0.25, 0.3) is 0 Å². The maximum atomic E-state index is 9.95. The molecule has 0 bridgehead atoms. The third kappa shape index (κ3) is 3.58. The number of thiazole rings is 1. The van der Waals surface area contributed by atoms with Gasteiger partial charge in [-0.1, -0.05) is 22.0 Å². The first kappa shape index (κ1) is 16.5. The quantitative estimate of drug-likeness (QED) is 0.511. The number of halogens is 1. The van der Waals surface area contributed by atoms with E-state index in [4.69, 9.17) is 4.42 Å². The van der Waals surface area contributed by atoms with Gasteiger partial charge < -0.3 is 9.52 Å². The van der Waals surface area contributed by atoms with Crippen molar-refractivity contribution in [3.05, 3.63) is 69.5 Å². The van der Waals surface area contributed by atoms with Crippen molar-refractivity contribution in [1.29, 1.82) is 0 Å². The zero-order chi connectivity index (χ0) is 16.9. The molecule has 0 saturated carbocycles. The lowest BCUT2D eigenvalue weighted by molar-refractivity contribution is 0.474. The molecule has 3 rings (SSSR count). The third-order valence-electron chi connectivity index (χ3n) is 3.12. The SMILES string of the molecule is C=CCN=c1scc(-c2ccco2)n1N=Cc1cc(Br)ccc1O. The second kappa shape index (κ2) is 7.46. The molecule has 2 aromatic heterocycles. The largest absolute Gasteiger partial charge is 0.507 e. The topological polar surface area (TPSA) is 63.0 Å². The summed E-state index contributed by atoms with van der Waals surface area (Å²) in [5.74, 6) is 0.851. The summed E-state index contributed by atoms with van der Waals surface area (Å²) in [4.78, 5) is 5.16. The maximum absolute atomic E-state index is 9.95. The van der Waals surface area contributed by atoms with Gasteiger partial charge in [-0.2, -0.15) is 5.10 Å². The standard InChI is InChI=1S/C17H14BrN3O2S/c1-2-7-19-17-21(14(11-24-17)16-4-3-8-23-16)20-10-12-9-13(18)5-6-15(12)22/h2-6,8-11,22H,1,7H2. The predicted molar refractivity (Wildman–Crippen MR) is 99.4 cm³/mol. The predicted octanol–water partition coefficient (Wildman–Crippen LogP) is 4.25. The molecule has 0 aliphatic rings. The normalized spacial score (nSPS) is 12.1. The number of furan rings is 1. The van der Waals surface area contributed by atoms with Gasteiger partial charge in [-0.25, -0.2) is 4.68 Å². The van der Waals surface area contributed by atoms with Crippen molar-refractivity contribution in [2.24, 2.45) is 10.1 Å². The minimum absolute atomic E-state index is 0.155. The Bertz CT molecular complexity index is 939. The molecular formula is C17H14BrN3O2S. The van der Waals surface area contributed by atoms with Crippen molar-refractivity contribution >= 4 is 33.5 Å². The van der Waals surface area contributed by atoms with Crippen LogP contribution in [0.5, 0.6) is 5.75 Å². The van der Waals surface area contributed by atoms with E-state index in [1.807, 2.05) is 17.5 Å².